The molecule has 0 saturated heterocycles. The van der Waals surface area contributed by atoms with E-state index in [4.69, 9.17) is 20.5 Å². The molecule has 1 aliphatic carbocycles. The molecule has 1 amide bonds. The van der Waals surface area contributed by atoms with Crippen LogP contribution >= 0.6 is 11.6 Å². The molecule has 6 nitrogen and oxygen atoms in total. The summed E-state index contributed by atoms with van der Waals surface area (Å²) in [6.45, 7) is 0.237. The Morgan fingerprint density at radius 3 is 2.84 bits per heavy atom. The third kappa shape index (κ3) is 3.30. The Hall–Kier alpha value is -2.60. The molecular formula is C18H16ClN3O3. The van der Waals surface area contributed by atoms with Crippen LogP contribution in [0.1, 0.15) is 41.0 Å². The number of halogens is 1. The second-order valence-corrected chi connectivity index (χ2v) is 6.53. The molecule has 0 radical (unpaired) electrons. The van der Waals surface area contributed by atoms with Gasteiger partial charge in [-0.05, 0) is 37.1 Å². The van der Waals surface area contributed by atoms with Crippen molar-refractivity contribution in [2.45, 2.75) is 25.3 Å². The third-order valence-corrected chi connectivity index (χ3v) is 4.43. The van der Waals surface area contributed by atoms with Crippen LogP contribution in [0.3, 0.4) is 0 Å². The number of furan rings is 1. The van der Waals surface area contributed by atoms with Crippen molar-refractivity contribution in [3.8, 4) is 11.3 Å². The predicted octanol–water partition coefficient (Wildman–Crippen LogP) is 4.13. The van der Waals surface area contributed by atoms with Crippen LogP contribution in [0.5, 0.6) is 0 Å². The maximum absolute atomic E-state index is 12.5. The summed E-state index contributed by atoms with van der Waals surface area (Å²) in [4.78, 5) is 18.4. The van der Waals surface area contributed by atoms with Crippen molar-refractivity contribution in [2.24, 2.45) is 0 Å². The smallest absolute Gasteiger partial charge is 0.289 e. The molecule has 2 aromatic heterocycles. The maximum Gasteiger partial charge on any atom is 0.289 e. The lowest BCUT2D eigenvalue weighted by Crippen LogP contribution is -2.25. The van der Waals surface area contributed by atoms with E-state index in [0.29, 0.717) is 22.6 Å². The summed E-state index contributed by atoms with van der Waals surface area (Å²) in [5.41, 5.74) is 0.747. The van der Waals surface area contributed by atoms with Gasteiger partial charge in [-0.2, -0.15) is 4.98 Å². The summed E-state index contributed by atoms with van der Waals surface area (Å²) >= 11 is 6.17. The largest absolute Gasteiger partial charge is 0.451 e. The van der Waals surface area contributed by atoms with Crippen molar-refractivity contribution in [2.75, 3.05) is 7.05 Å². The van der Waals surface area contributed by atoms with Crippen LogP contribution in [0.25, 0.3) is 11.3 Å². The Morgan fingerprint density at radius 2 is 2.08 bits per heavy atom. The van der Waals surface area contributed by atoms with Gasteiger partial charge in [-0.1, -0.05) is 28.9 Å². The highest BCUT2D eigenvalue weighted by molar-refractivity contribution is 6.33. The number of rotatable bonds is 5. The fourth-order valence-corrected chi connectivity index (χ4v) is 2.79. The summed E-state index contributed by atoms with van der Waals surface area (Å²) in [5, 5.41) is 4.53. The Kier molecular flexibility index (Phi) is 4.05. The molecule has 0 bridgehead atoms. The molecule has 3 aromatic rings. The molecule has 1 aliphatic rings. The molecule has 0 spiro atoms. The van der Waals surface area contributed by atoms with Gasteiger partial charge in [0.1, 0.15) is 12.3 Å². The number of nitrogens with zero attached hydrogens (tertiary/aromatic N) is 3. The monoisotopic (exact) mass is 357 g/mol. The van der Waals surface area contributed by atoms with Gasteiger partial charge in [0, 0.05) is 18.5 Å². The first kappa shape index (κ1) is 15.9. The first-order valence-corrected chi connectivity index (χ1v) is 8.42. The average Bonchev–Trinajstić information content (AvgIpc) is 3.16. The Bertz CT molecular complexity index is 914. The highest BCUT2D eigenvalue weighted by atomic mass is 35.5. The van der Waals surface area contributed by atoms with Crippen molar-refractivity contribution in [3.63, 3.8) is 0 Å². The van der Waals surface area contributed by atoms with E-state index in [1.807, 2.05) is 18.2 Å². The molecular weight excluding hydrogens is 342 g/mol. The van der Waals surface area contributed by atoms with Crippen molar-refractivity contribution in [1.82, 2.24) is 15.0 Å². The van der Waals surface area contributed by atoms with Gasteiger partial charge in [0.2, 0.25) is 5.89 Å². The van der Waals surface area contributed by atoms with Gasteiger partial charge in [0.25, 0.3) is 5.91 Å². The molecule has 4 rings (SSSR count). The van der Waals surface area contributed by atoms with Gasteiger partial charge in [-0.3, -0.25) is 4.79 Å². The predicted molar refractivity (Wildman–Crippen MR) is 91.2 cm³/mol. The summed E-state index contributed by atoms with van der Waals surface area (Å²) in [6.07, 6.45) is 2.20. The summed E-state index contributed by atoms with van der Waals surface area (Å²) < 4.78 is 10.9. The van der Waals surface area contributed by atoms with Gasteiger partial charge in [0.05, 0.1) is 5.02 Å². The fraction of sp³-hybridized carbons (Fsp3) is 0.278. The van der Waals surface area contributed by atoms with Gasteiger partial charge in [-0.25, -0.2) is 0 Å². The van der Waals surface area contributed by atoms with Crippen molar-refractivity contribution >= 4 is 17.5 Å². The Balaban J connectivity index is 1.47. The summed E-state index contributed by atoms with van der Waals surface area (Å²) in [5.74, 6) is 2.10. The first-order valence-electron chi connectivity index (χ1n) is 8.04. The molecule has 0 aliphatic heterocycles. The molecule has 1 aromatic carbocycles. The molecule has 0 unspecified atom stereocenters. The van der Waals surface area contributed by atoms with Gasteiger partial charge in [-0.15, -0.1) is 0 Å². The highest BCUT2D eigenvalue weighted by Crippen LogP contribution is 2.38. The van der Waals surface area contributed by atoms with Crippen molar-refractivity contribution in [3.05, 3.63) is 58.9 Å². The zero-order chi connectivity index (χ0) is 17.4. The molecule has 1 saturated carbocycles. The van der Waals surface area contributed by atoms with Crippen LogP contribution in [-0.4, -0.2) is 28.0 Å². The number of carbonyl (C=O) groups excluding carboxylic acids is 1. The van der Waals surface area contributed by atoms with Gasteiger partial charge in [0.15, 0.2) is 11.6 Å². The second kappa shape index (κ2) is 6.37. The van der Waals surface area contributed by atoms with Crippen LogP contribution in [0.2, 0.25) is 5.02 Å². The molecule has 25 heavy (non-hydrogen) atoms. The zero-order valence-electron chi connectivity index (χ0n) is 13.6. The lowest BCUT2D eigenvalue weighted by Gasteiger charge is -2.12. The quantitative estimate of drug-likeness (QED) is 0.686. The third-order valence-electron chi connectivity index (χ3n) is 4.10. The number of amides is 1. The number of aromatic nitrogens is 2. The number of benzene rings is 1. The van der Waals surface area contributed by atoms with Crippen molar-refractivity contribution in [1.29, 1.82) is 0 Å². The van der Waals surface area contributed by atoms with Crippen LogP contribution in [0.15, 0.2) is 45.3 Å². The topological polar surface area (TPSA) is 72.4 Å². The van der Waals surface area contributed by atoms with E-state index in [1.165, 1.54) is 4.90 Å². The van der Waals surface area contributed by atoms with Gasteiger partial charge >= 0.3 is 0 Å². The maximum atomic E-state index is 12.5. The number of hydrogen-bond acceptors (Lipinski definition) is 5. The number of hydrogen-bond donors (Lipinski definition) is 0. The highest BCUT2D eigenvalue weighted by Gasteiger charge is 2.29. The van der Waals surface area contributed by atoms with Crippen LogP contribution in [0, 0.1) is 0 Å². The minimum atomic E-state index is -0.260. The normalized spacial score (nSPS) is 13.8. The van der Waals surface area contributed by atoms with Crippen molar-refractivity contribution < 1.29 is 13.7 Å². The lowest BCUT2D eigenvalue weighted by molar-refractivity contribution is 0.0739. The number of carbonyl (C=O) groups is 1. The second-order valence-electron chi connectivity index (χ2n) is 6.13. The molecule has 0 N–H and O–H groups in total. The molecule has 1 fully saturated rings. The average molecular weight is 358 g/mol. The Morgan fingerprint density at radius 1 is 1.28 bits per heavy atom. The van der Waals surface area contributed by atoms with E-state index in [9.17, 15) is 4.79 Å². The summed E-state index contributed by atoms with van der Waals surface area (Å²) in [7, 11) is 1.67. The van der Waals surface area contributed by atoms with Gasteiger partial charge < -0.3 is 13.8 Å². The van der Waals surface area contributed by atoms with E-state index in [0.717, 1.165) is 24.2 Å². The van der Waals surface area contributed by atoms with Crippen LogP contribution in [-0.2, 0) is 6.54 Å². The standard InChI is InChI=1S/C18H16ClN3O3/c1-22(10-16-20-17(21-25-16)11-6-7-11)18(23)15-9-8-14(24-15)12-4-2-3-5-13(12)19/h2-5,8-9,11H,6-7,10H2,1H3. The fourth-order valence-electron chi connectivity index (χ4n) is 2.56. The van der Waals surface area contributed by atoms with E-state index >= 15 is 0 Å². The molecule has 0 atom stereocenters. The zero-order valence-corrected chi connectivity index (χ0v) is 14.4. The minimum absolute atomic E-state index is 0.236. The van der Waals surface area contributed by atoms with Crippen LogP contribution < -0.4 is 0 Å². The lowest BCUT2D eigenvalue weighted by atomic mass is 10.2. The van der Waals surface area contributed by atoms with E-state index in [-0.39, 0.29) is 18.2 Å². The van der Waals surface area contributed by atoms with E-state index in [2.05, 4.69) is 10.1 Å². The first-order chi connectivity index (χ1) is 12.1. The summed E-state index contributed by atoms with van der Waals surface area (Å²) in [6, 6.07) is 10.7. The van der Waals surface area contributed by atoms with E-state index in [1.54, 1.807) is 25.2 Å². The molecule has 7 heteroatoms. The Labute approximate surface area is 149 Å². The van der Waals surface area contributed by atoms with E-state index < -0.39 is 0 Å². The molecule has 2 heterocycles. The minimum Gasteiger partial charge on any atom is -0.451 e. The molecule has 128 valence electrons. The van der Waals surface area contributed by atoms with Crippen LogP contribution in [0.4, 0.5) is 0 Å². The SMILES string of the molecule is CN(Cc1nc(C2CC2)no1)C(=O)c1ccc(-c2ccccc2Cl)o1.